The Balaban J connectivity index is 3.76. The van der Waals surface area contributed by atoms with E-state index in [-0.39, 0.29) is 29.8 Å². The van der Waals surface area contributed by atoms with E-state index in [9.17, 15) is 14.7 Å². The van der Waals surface area contributed by atoms with E-state index in [1.165, 1.54) is 0 Å². The summed E-state index contributed by atoms with van der Waals surface area (Å²) in [7, 11) is 0. The molecule has 0 bridgehead atoms. The predicted molar refractivity (Wildman–Crippen MR) is 104 cm³/mol. The van der Waals surface area contributed by atoms with Crippen molar-refractivity contribution in [2.24, 2.45) is 10.8 Å². The van der Waals surface area contributed by atoms with Gasteiger partial charge in [0.15, 0.2) is 0 Å². The molecule has 0 aromatic carbocycles. The van der Waals surface area contributed by atoms with Crippen LogP contribution in [0.5, 0.6) is 0 Å². The second-order valence-corrected chi connectivity index (χ2v) is 9.26. The molecule has 0 fully saturated rings. The third kappa shape index (κ3) is 15.2. The summed E-state index contributed by atoms with van der Waals surface area (Å²) in [6.45, 7) is 8.44. The largest absolute Gasteiger partial charge is 0.481 e. The van der Waals surface area contributed by atoms with Crippen LogP contribution < -0.4 is 0 Å². The van der Waals surface area contributed by atoms with Crippen molar-refractivity contribution in [2.75, 3.05) is 0 Å². The molecule has 154 valence electrons. The summed E-state index contributed by atoms with van der Waals surface area (Å²) in [5, 5.41) is 27.6. The highest BCUT2D eigenvalue weighted by atomic mass is 16.4. The number of hydrogen-bond donors (Lipinski definition) is 3. The summed E-state index contributed by atoms with van der Waals surface area (Å²) in [4.78, 5) is 21.3. The summed E-state index contributed by atoms with van der Waals surface area (Å²) < 4.78 is 0. The lowest BCUT2D eigenvalue weighted by Crippen LogP contribution is -2.15. The Morgan fingerprint density at radius 3 is 1.35 bits per heavy atom. The average molecular weight is 373 g/mol. The number of carbonyl (C=O) groups is 2. The molecule has 0 amide bonds. The third-order valence-electron chi connectivity index (χ3n) is 5.31. The van der Waals surface area contributed by atoms with Crippen LogP contribution in [0.25, 0.3) is 0 Å². The van der Waals surface area contributed by atoms with Crippen LogP contribution in [0.4, 0.5) is 0 Å². The molecule has 0 aliphatic heterocycles. The van der Waals surface area contributed by atoms with Crippen LogP contribution in [0.3, 0.4) is 0 Å². The second kappa shape index (κ2) is 12.3. The number of carboxylic acids is 2. The quantitative estimate of drug-likeness (QED) is 0.322. The summed E-state index contributed by atoms with van der Waals surface area (Å²) >= 11 is 0. The van der Waals surface area contributed by atoms with Gasteiger partial charge in [0.2, 0.25) is 0 Å². The first kappa shape index (κ1) is 24.9. The SMILES string of the molecule is CC(C)(CCCCC(O)CCCCC(C)(C)CCC(=O)O)CCC(=O)O. The Morgan fingerprint density at radius 2 is 1.04 bits per heavy atom. The summed E-state index contributed by atoms with van der Waals surface area (Å²) in [5.74, 6) is -1.47. The molecule has 5 nitrogen and oxygen atoms in total. The van der Waals surface area contributed by atoms with Crippen molar-refractivity contribution in [1.29, 1.82) is 0 Å². The van der Waals surface area contributed by atoms with Gasteiger partial charge in [-0.15, -0.1) is 0 Å². The first-order valence-electron chi connectivity index (χ1n) is 10.1. The highest BCUT2D eigenvalue weighted by molar-refractivity contribution is 5.66. The number of unbranched alkanes of at least 4 members (excludes halogenated alkanes) is 2. The van der Waals surface area contributed by atoms with Crippen LogP contribution in [0, 0.1) is 10.8 Å². The molecule has 0 radical (unpaired) electrons. The number of carboxylic acid groups (broad SMARTS) is 2. The zero-order chi connectivity index (χ0) is 20.2. The molecule has 5 heteroatoms. The van der Waals surface area contributed by atoms with Crippen LogP contribution in [0.2, 0.25) is 0 Å². The summed E-state index contributed by atoms with van der Waals surface area (Å²) in [5.41, 5.74) is 0.0930. The molecular formula is C21H40O5. The van der Waals surface area contributed by atoms with Gasteiger partial charge in [0.1, 0.15) is 0 Å². The van der Waals surface area contributed by atoms with E-state index in [1.54, 1.807) is 0 Å². The van der Waals surface area contributed by atoms with Gasteiger partial charge in [-0.1, -0.05) is 53.4 Å². The first-order valence-corrected chi connectivity index (χ1v) is 10.1. The fourth-order valence-corrected chi connectivity index (χ4v) is 3.25. The second-order valence-electron chi connectivity index (χ2n) is 9.26. The minimum atomic E-state index is -0.736. The number of hydrogen-bond acceptors (Lipinski definition) is 3. The molecule has 0 atom stereocenters. The Labute approximate surface area is 159 Å². The number of rotatable bonds is 16. The van der Waals surface area contributed by atoms with Crippen LogP contribution in [-0.2, 0) is 9.59 Å². The Hall–Kier alpha value is -1.10. The van der Waals surface area contributed by atoms with E-state index >= 15 is 0 Å². The Kier molecular flexibility index (Phi) is 11.8. The molecule has 0 aliphatic carbocycles. The Bertz CT molecular complexity index is 377. The minimum Gasteiger partial charge on any atom is -0.481 e. The summed E-state index contributed by atoms with van der Waals surface area (Å²) in [6, 6.07) is 0. The lowest BCUT2D eigenvalue weighted by atomic mass is 9.82. The maximum Gasteiger partial charge on any atom is 0.303 e. The van der Waals surface area contributed by atoms with Crippen molar-refractivity contribution < 1.29 is 24.9 Å². The fraction of sp³-hybridized carbons (Fsp3) is 0.905. The molecule has 0 aliphatic rings. The third-order valence-corrected chi connectivity index (χ3v) is 5.31. The molecule has 0 saturated carbocycles. The van der Waals surface area contributed by atoms with Gasteiger partial charge < -0.3 is 15.3 Å². The van der Waals surface area contributed by atoms with Gasteiger partial charge in [0.05, 0.1) is 6.10 Å². The topological polar surface area (TPSA) is 94.8 Å². The van der Waals surface area contributed by atoms with Crippen molar-refractivity contribution >= 4 is 11.9 Å². The van der Waals surface area contributed by atoms with Gasteiger partial charge in [-0.25, -0.2) is 0 Å². The van der Waals surface area contributed by atoms with Gasteiger partial charge in [0, 0.05) is 12.8 Å². The molecule has 3 N–H and O–H groups in total. The standard InChI is InChI=1S/C21H40O5/c1-20(2,15-11-18(23)24)13-7-5-9-17(22)10-6-8-14-21(3,4)16-12-19(25)26/h17,22H,5-16H2,1-4H3,(H,23,24)(H,25,26). The van der Waals surface area contributed by atoms with Crippen molar-refractivity contribution in [3.8, 4) is 0 Å². The Morgan fingerprint density at radius 1 is 0.692 bits per heavy atom. The molecule has 0 aromatic rings. The van der Waals surface area contributed by atoms with E-state index in [4.69, 9.17) is 10.2 Å². The summed E-state index contributed by atoms with van der Waals surface area (Å²) in [6.07, 6.45) is 9.15. The smallest absolute Gasteiger partial charge is 0.303 e. The van der Waals surface area contributed by atoms with E-state index in [0.29, 0.717) is 12.8 Å². The first-order chi connectivity index (χ1) is 11.9. The molecule has 0 saturated heterocycles. The maximum atomic E-state index is 10.7. The molecule has 26 heavy (non-hydrogen) atoms. The van der Waals surface area contributed by atoms with Crippen molar-refractivity contribution in [3.63, 3.8) is 0 Å². The maximum absolute atomic E-state index is 10.7. The van der Waals surface area contributed by atoms with Crippen molar-refractivity contribution in [3.05, 3.63) is 0 Å². The number of aliphatic carboxylic acids is 2. The normalized spacial score (nSPS) is 12.5. The van der Waals surface area contributed by atoms with Crippen LogP contribution in [-0.4, -0.2) is 33.4 Å². The fourth-order valence-electron chi connectivity index (χ4n) is 3.25. The molecule has 0 aromatic heterocycles. The van der Waals surface area contributed by atoms with Gasteiger partial charge in [0.25, 0.3) is 0 Å². The van der Waals surface area contributed by atoms with Crippen LogP contribution in [0.15, 0.2) is 0 Å². The number of aliphatic hydroxyl groups is 1. The average Bonchev–Trinajstić information content (AvgIpc) is 2.52. The van der Waals surface area contributed by atoms with Gasteiger partial charge >= 0.3 is 11.9 Å². The zero-order valence-electron chi connectivity index (χ0n) is 17.2. The zero-order valence-corrected chi connectivity index (χ0v) is 17.2. The van der Waals surface area contributed by atoms with Gasteiger partial charge in [-0.05, 0) is 49.4 Å². The number of aliphatic hydroxyl groups excluding tert-OH is 1. The lowest BCUT2D eigenvalue weighted by molar-refractivity contribution is -0.138. The predicted octanol–water partition coefficient (Wildman–Crippen LogP) is 5.25. The monoisotopic (exact) mass is 372 g/mol. The highest BCUT2D eigenvalue weighted by Gasteiger charge is 2.20. The van der Waals surface area contributed by atoms with E-state index in [1.807, 2.05) is 0 Å². The molecular weight excluding hydrogens is 332 g/mol. The highest BCUT2D eigenvalue weighted by Crippen LogP contribution is 2.30. The minimum absolute atomic E-state index is 0.0465. The lowest BCUT2D eigenvalue weighted by Gasteiger charge is -2.24. The van der Waals surface area contributed by atoms with Gasteiger partial charge in [-0.3, -0.25) is 9.59 Å². The van der Waals surface area contributed by atoms with Crippen molar-refractivity contribution in [2.45, 2.75) is 111 Å². The van der Waals surface area contributed by atoms with Gasteiger partial charge in [-0.2, -0.15) is 0 Å². The molecule has 0 rings (SSSR count). The van der Waals surface area contributed by atoms with Crippen molar-refractivity contribution in [1.82, 2.24) is 0 Å². The van der Waals surface area contributed by atoms with Crippen LogP contribution in [0.1, 0.15) is 105 Å². The van der Waals surface area contributed by atoms with E-state index < -0.39 is 11.9 Å². The molecule has 0 unspecified atom stereocenters. The van der Waals surface area contributed by atoms with E-state index in [0.717, 1.165) is 51.4 Å². The molecule has 0 spiro atoms. The van der Waals surface area contributed by atoms with E-state index in [2.05, 4.69) is 27.7 Å². The molecule has 0 heterocycles. The van der Waals surface area contributed by atoms with Crippen LogP contribution >= 0.6 is 0 Å².